The average Bonchev–Trinajstić information content (AvgIpc) is 2.95. The van der Waals surface area contributed by atoms with E-state index < -0.39 is 12.6 Å². The Morgan fingerprint density at radius 1 is 0.975 bits per heavy atom. The van der Waals surface area contributed by atoms with Crippen molar-refractivity contribution in [3.05, 3.63) is 87.5 Å². The van der Waals surface area contributed by atoms with Crippen LogP contribution in [0.5, 0.6) is 0 Å². The van der Waals surface area contributed by atoms with Gasteiger partial charge >= 0.3 is 0 Å². The molecule has 2 aromatic heterocycles. The van der Waals surface area contributed by atoms with Gasteiger partial charge in [0.25, 0.3) is 11.5 Å². The van der Waals surface area contributed by atoms with Crippen molar-refractivity contribution in [1.82, 2.24) is 14.5 Å². The molecule has 0 fully saturated rings. The van der Waals surface area contributed by atoms with Gasteiger partial charge in [0.2, 0.25) is 5.91 Å². The van der Waals surface area contributed by atoms with E-state index in [4.69, 9.17) is 0 Å². The Hall–Kier alpha value is -4.37. The van der Waals surface area contributed by atoms with E-state index >= 15 is 0 Å². The van der Waals surface area contributed by atoms with Gasteiger partial charge in [0.05, 0.1) is 23.3 Å². The van der Waals surface area contributed by atoms with E-state index in [0.29, 0.717) is 41.2 Å². The van der Waals surface area contributed by atoms with Gasteiger partial charge in [0.1, 0.15) is 6.67 Å². The summed E-state index contributed by atoms with van der Waals surface area (Å²) >= 11 is 0. The number of nitrogens with zero attached hydrogens (tertiary/aromatic N) is 3. The number of amides is 2. The number of fused-ring (bicyclic) bond motifs is 1. The number of pyridine rings is 2. The highest BCUT2D eigenvalue weighted by Crippen LogP contribution is 2.28. The number of alkyl halides is 1. The molecule has 208 valence electrons. The van der Waals surface area contributed by atoms with Crippen molar-refractivity contribution in [3.8, 4) is 11.1 Å². The molecule has 0 spiro atoms. The van der Waals surface area contributed by atoms with Crippen LogP contribution in [0.3, 0.4) is 0 Å². The number of anilines is 2. The Kier molecular flexibility index (Phi) is 8.74. The number of halogens is 1. The van der Waals surface area contributed by atoms with Crippen LogP contribution < -0.4 is 16.2 Å². The third-order valence-electron chi connectivity index (χ3n) is 7.05. The molecule has 4 aromatic rings. The highest BCUT2D eigenvalue weighted by molar-refractivity contribution is 6.10. The Morgan fingerprint density at radius 2 is 1.73 bits per heavy atom. The van der Waals surface area contributed by atoms with Crippen molar-refractivity contribution in [2.75, 3.05) is 30.3 Å². The van der Waals surface area contributed by atoms with Gasteiger partial charge in [-0.05, 0) is 80.0 Å². The molecule has 0 bridgehead atoms. The Balaban J connectivity index is 1.67. The van der Waals surface area contributed by atoms with E-state index in [-0.39, 0.29) is 23.6 Å². The summed E-state index contributed by atoms with van der Waals surface area (Å²) in [6, 6.07) is 13.5. The number of nitrogens with one attached hydrogen (secondary N) is 2. The highest BCUT2D eigenvalue weighted by atomic mass is 19.1. The van der Waals surface area contributed by atoms with Gasteiger partial charge in [-0.3, -0.25) is 24.3 Å². The van der Waals surface area contributed by atoms with Crippen LogP contribution in [0.25, 0.3) is 22.0 Å². The first-order valence-electron chi connectivity index (χ1n) is 13.2. The molecule has 0 saturated heterocycles. The van der Waals surface area contributed by atoms with Gasteiger partial charge < -0.3 is 15.2 Å². The van der Waals surface area contributed by atoms with Crippen molar-refractivity contribution < 1.29 is 14.0 Å². The second kappa shape index (κ2) is 12.2. The van der Waals surface area contributed by atoms with Crippen LogP contribution in [0.1, 0.15) is 41.0 Å². The van der Waals surface area contributed by atoms with E-state index in [9.17, 15) is 18.8 Å². The van der Waals surface area contributed by atoms with Crippen molar-refractivity contribution in [2.45, 2.75) is 34.4 Å². The smallest absolute Gasteiger partial charge is 0.258 e. The molecule has 0 unspecified atom stereocenters. The van der Waals surface area contributed by atoms with Gasteiger partial charge in [-0.2, -0.15) is 0 Å². The highest BCUT2D eigenvalue weighted by Gasteiger charge is 2.18. The van der Waals surface area contributed by atoms with Crippen molar-refractivity contribution in [2.24, 2.45) is 7.05 Å². The standard InChI is InChI=1S/C31H34FN5O3/c1-6-37(7-2)18-29(38)35-27-11-9-21(16-32)13-26(27)30(39)34-23-10-8-19(3)24(15-23)25-14-22-17-33-20(4)12-28(22)36(5)31(25)40/h8-15,17H,6-7,16,18H2,1-5H3,(H,34,39)(H,35,38). The molecule has 0 aliphatic heterocycles. The molecule has 8 nitrogen and oxygen atoms in total. The van der Waals surface area contributed by atoms with Gasteiger partial charge in [-0.15, -0.1) is 0 Å². The number of carbonyl (C=O) groups excluding carboxylic acids is 2. The van der Waals surface area contributed by atoms with Crippen molar-refractivity contribution in [1.29, 1.82) is 0 Å². The summed E-state index contributed by atoms with van der Waals surface area (Å²) in [4.78, 5) is 45.7. The molecule has 9 heteroatoms. The van der Waals surface area contributed by atoms with E-state index in [0.717, 1.165) is 22.2 Å². The third kappa shape index (κ3) is 6.10. The predicted octanol–water partition coefficient (Wildman–Crippen LogP) is 5.22. The molecule has 0 saturated carbocycles. The molecule has 2 amide bonds. The number of aryl methyl sites for hydroxylation is 3. The number of benzene rings is 2. The van der Waals surface area contributed by atoms with E-state index in [1.807, 2.05) is 50.8 Å². The number of likely N-dealkylation sites (N-methyl/N-ethyl adjacent to an activating group) is 1. The minimum atomic E-state index is -0.748. The lowest BCUT2D eigenvalue weighted by Crippen LogP contribution is -2.33. The molecular weight excluding hydrogens is 509 g/mol. The number of hydrogen-bond acceptors (Lipinski definition) is 5. The molecule has 0 aliphatic carbocycles. The molecule has 40 heavy (non-hydrogen) atoms. The van der Waals surface area contributed by atoms with E-state index in [2.05, 4.69) is 15.6 Å². The molecule has 2 N–H and O–H groups in total. The van der Waals surface area contributed by atoms with Crippen LogP contribution in [0.15, 0.2) is 59.5 Å². The number of carbonyl (C=O) groups is 2. The maximum atomic E-state index is 13.5. The normalized spacial score (nSPS) is 11.2. The quantitative estimate of drug-likeness (QED) is 0.302. The summed E-state index contributed by atoms with van der Waals surface area (Å²) in [7, 11) is 1.72. The van der Waals surface area contributed by atoms with E-state index in [1.165, 1.54) is 6.07 Å². The second-order valence-electron chi connectivity index (χ2n) is 9.81. The topological polar surface area (TPSA) is 96.3 Å². The fourth-order valence-corrected chi connectivity index (χ4v) is 4.66. The number of aromatic nitrogens is 2. The fraction of sp³-hybridized carbons (Fsp3) is 0.290. The van der Waals surface area contributed by atoms with Crippen LogP contribution in [-0.4, -0.2) is 45.9 Å². The summed E-state index contributed by atoms with van der Waals surface area (Å²) in [6.45, 7) is 8.55. The van der Waals surface area contributed by atoms with Gasteiger partial charge in [0, 0.05) is 35.6 Å². The summed E-state index contributed by atoms with van der Waals surface area (Å²) in [5.74, 6) is -0.769. The summed E-state index contributed by atoms with van der Waals surface area (Å²) in [6.07, 6.45) is 1.74. The van der Waals surface area contributed by atoms with Gasteiger partial charge in [-0.25, -0.2) is 4.39 Å². The SMILES string of the molecule is CCN(CC)CC(=O)Nc1ccc(CF)cc1C(=O)Nc1ccc(C)c(-c2cc3cnc(C)cc3n(C)c2=O)c1. The Labute approximate surface area is 232 Å². The zero-order valence-corrected chi connectivity index (χ0v) is 23.5. The lowest BCUT2D eigenvalue weighted by Gasteiger charge is -2.18. The van der Waals surface area contributed by atoms with Crippen LogP contribution in [0.2, 0.25) is 0 Å². The van der Waals surface area contributed by atoms with Gasteiger partial charge in [0.15, 0.2) is 0 Å². The lowest BCUT2D eigenvalue weighted by molar-refractivity contribution is -0.117. The minimum absolute atomic E-state index is 0.147. The summed E-state index contributed by atoms with van der Waals surface area (Å²) < 4.78 is 15.1. The predicted molar refractivity (Wildman–Crippen MR) is 158 cm³/mol. The first kappa shape index (κ1) is 28.6. The monoisotopic (exact) mass is 543 g/mol. The average molecular weight is 544 g/mol. The third-order valence-corrected chi connectivity index (χ3v) is 7.05. The fourth-order valence-electron chi connectivity index (χ4n) is 4.66. The minimum Gasteiger partial charge on any atom is -0.324 e. The maximum Gasteiger partial charge on any atom is 0.258 e. The molecule has 4 rings (SSSR count). The maximum absolute atomic E-state index is 13.5. The summed E-state index contributed by atoms with van der Waals surface area (Å²) in [5.41, 5.74) is 4.67. The first-order valence-corrected chi connectivity index (χ1v) is 13.2. The number of rotatable bonds is 9. The molecule has 0 radical (unpaired) electrons. The molecule has 0 aliphatic rings. The van der Waals surface area contributed by atoms with Crippen molar-refractivity contribution >= 4 is 34.1 Å². The molecule has 2 aromatic carbocycles. The van der Waals surface area contributed by atoms with Crippen LogP contribution in [0.4, 0.5) is 15.8 Å². The summed E-state index contributed by atoms with van der Waals surface area (Å²) in [5, 5.41) is 6.48. The van der Waals surface area contributed by atoms with Gasteiger partial charge in [-0.1, -0.05) is 26.0 Å². The lowest BCUT2D eigenvalue weighted by atomic mass is 9.99. The molecular formula is C31H34FN5O3. The first-order chi connectivity index (χ1) is 19.1. The molecule has 0 atom stereocenters. The zero-order chi connectivity index (χ0) is 29.0. The van der Waals surface area contributed by atoms with E-state index in [1.54, 1.807) is 42.1 Å². The number of hydrogen-bond donors (Lipinski definition) is 2. The van der Waals surface area contributed by atoms with Crippen LogP contribution >= 0.6 is 0 Å². The molecule has 2 heterocycles. The Bertz CT molecular complexity index is 1640. The van der Waals surface area contributed by atoms with Crippen LogP contribution in [-0.2, 0) is 18.5 Å². The van der Waals surface area contributed by atoms with Crippen molar-refractivity contribution in [3.63, 3.8) is 0 Å². The van der Waals surface area contributed by atoms with Crippen LogP contribution in [0, 0.1) is 13.8 Å². The second-order valence-corrected chi connectivity index (χ2v) is 9.81. The largest absolute Gasteiger partial charge is 0.324 e. The zero-order valence-electron chi connectivity index (χ0n) is 23.5. The Morgan fingerprint density at radius 3 is 2.42 bits per heavy atom.